The molecule has 0 spiro atoms. The first kappa shape index (κ1) is 15.4. The van der Waals surface area contributed by atoms with Gasteiger partial charge in [0, 0.05) is 18.5 Å². The number of aromatic nitrogens is 1. The van der Waals surface area contributed by atoms with Crippen LogP contribution in [-0.2, 0) is 21.4 Å². The highest BCUT2D eigenvalue weighted by molar-refractivity contribution is 7.89. The number of aryl methyl sites for hydroxylation is 1. The van der Waals surface area contributed by atoms with Gasteiger partial charge in [0.25, 0.3) is 0 Å². The molecule has 1 aliphatic carbocycles. The number of aliphatic carboxylic acids is 1. The van der Waals surface area contributed by atoms with Crippen molar-refractivity contribution in [1.29, 1.82) is 0 Å². The predicted molar refractivity (Wildman–Crippen MR) is 76.0 cm³/mol. The van der Waals surface area contributed by atoms with E-state index in [1.807, 2.05) is 6.92 Å². The first-order valence-corrected chi connectivity index (χ1v) is 8.79. The number of carboxylic acid groups (broad SMARTS) is 1. The fourth-order valence-corrected chi connectivity index (χ4v) is 5.38. The zero-order valence-electron chi connectivity index (χ0n) is 11.4. The maximum absolute atomic E-state index is 12.5. The molecular formula is C12H18N2O4S2. The number of rotatable bonds is 5. The molecule has 0 aromatic carbocycles. The van der Waals surface area contributed by atoms with E-state index in [-0.39, 0.29) is 6.54 Å². The molecular weight excluding hydrogens is 300 g/mol. The lowest BCUT2D eigenvalue weighted by Crippen LogP contribution is -2.39. The molecule has 20 heavy (non-hydrogen) atoms. The fourth-order valence-electron chi connectivity index (χ4n) is 2.57. The summed E-state index contributed by atoms with van der Waals surface area (Å²) in [6.07, 6.45) is 1.51. The van der Waals surface area contributed by atoms with E-state index in [1.165, 1.54) is 22.7 Å². The van der Waals surface area contributed by atoms with Crippen molar-refractivity contribution >= 4 is 27.3 Å². The Morgan fingerprint density at radius 2 is 2.25 bits per heavy atom. The van der Waals surface area contributed by atoms with Crippen molar-refractivity contribution in [2.75, 3.05) is 7.05 Å². The number of carboxylic acids is 1. The van der Waals surface area contributed by atoms with Gasteiger partial charge in [0.1, 0.15) is 0 Å². The van der Waals surface area contributed by atoms with Crippen LogP contribution < -0.4 is 0 Å². The van der Waals surface area contributed by atoms with Gasteiger partial charge in [0.05, 0.1) is 22.4 Å². The van der Waals surface area contributed by atoms with E-state index in [2.05, 4.69) is 4.98 Å². The van der Waals surface area contributed by atoms with Crippen LogP contribution in [0.2, 0.25) is 0 Å². The van der Waals surface area contributed by atoms with Crippen molar-refractivity contribution in [2.24, 2.45) is 5.92 Å². The average molecular weight is 318 g/mol. The average Bonchev–Trinajstić information content (AvgIpc) is 2.99. The first-order chi connectivity index (χ1) is 9.34. The molecule has 6 nitrogen and oxygen atoms in total. The van der Waals surface area contributed by atoms with E-state index in [0.29, 0.717) is 19.3 Å². The number of hydrogen-bond acceptors (Lipinski definition) is 5. The van der Waals surface area contributed by atoms with Gasteiger partial charge in [-0.3, -0.25) is 4.79 Å². The fraction of sp³-hybridized carbons (Fsp3) is 0.667. The molecule has 0 radical (unpaired) electrons. The molecule has 1 aliphatic rings. The monoisotopic (exact) mass is 318 g/mol. The molecule has 0 aliphatic heterocycles. The van der Waals surface area contributed by atoms with Crippen molar-refractivity contribution in [3.05, 3.63) is 16.1 Å². The van der Waals surface area contributed by atoms with Gasteiger partial charge < -0.3 is 5.11 Å². The lowest BCUT2D eigenvalue weighted by atomic mass is 10.1. The minimum atomic E-state index is -3.59. The van der Waals surface area contributed by atoms with Crippen LogP contribution in [0.3, 0.4) is 0 Å². The van der Waals surface area contributed by atoms with Crippen molar-refractivity contribution < 1.29 is 18.3 Å². The third-order valence-electron chi connectivity index (χ3n) is 3.80. The normalized spacial score (nSPS) is 23.4. The lowest BCUT2D eigenvalue weighted by Gasteiger charge is -2.23. The van der Waals surface area contributed by atoms with Gasteiger partial charge in [-0.2, -0.15) is 4.31 Å². The zero-order valence-corrected chi connectivity index (χ0v) is 13.1. The van der Waals surface area contributed by atoms with Gasteiger partial charge in [-0.05, 0) is 19.8 Å². The Labute approximate surface area is 122 Å². The topological polar surface area (TPSA) is 87.6 Å². The second-order valence-corrected chi connectivity index (χ2v) is 8.27. The van der Waals surface area contributed by atoms with E-state index >= 15 is 0 Å². The highest BCUT2D eigenvalue weighted by Gasteiger charge is 2.43. The van der Waals surface area contributed by atoms with E-state index in [9.17, 15) is 13.2 Å². The van der Waals surface area contributed by atoms with Crippen LogP contribution in [0.5, 0.6) is 0 Å². The van der Waals surface area contributed by atoms with Crippen LogP contribution in [0.15, 0.2) is 5.51 Å². The Morgan fingerprint density at radius 1 is 1.55 bits per heavy atom. The van der Waals surface area contributed by atoms with Crippen LogP contribution in [0.25, 0.3) is 0 Å². The van der Waals surface area contributed by atoms with Crippen LogP contribution in [0.1, 0.15) is 29.8 Å². The number of nitrogens with zero attached hydrogens (tertiary/aromatic N) is 2. The van der Waals surface area contributed by atoms with E-state index in [1.54, 1.807) is 5.51 Å². The molecule has 1 saturated carbocycles. The number of thiazole rings is 1. The second kappa shape index (κ2) is 5.79. The zero-order chi connectivity index (χ0) is 14.9. The largest absolute Gasteiger partial charge is 0.481 e. The Balaban J connectivity index is 2.17. The molecule has 1 heterocycles. The van der Waals surface area contributed by atoms with Gasteiger partial charge in [-0.25, -0.2) is 13.4 Å². The highest BCUT2D eigenvalue weighted by Crippen LogP contribution is 2.33. The van der Waals surface area contributed by atoms with E-state index < -0.39 is 27.2 Å². The SMILES string of the molecule is Cc1ncsc1CN(C)S(=O)(=O)C1CCCC1C(=O)O. The van der Waals surface area contributed by atoms with Gasteiger partial charge in [-0.15, -0.1) is 11.3 Å². The molecule has 1 N–H and O–H groups in total. The van der Waals surface area contributed by atoms with Gasteiger partial charge >= 0.3 is 5.97 Å². The number of sulfonamides is 1. The smallest absolute Gasteiger partial charge is 0.307 e. The van der Waals surface area contributed by atoms with E-state index in [4.69, 9.17) is 5.11 Å². The third-order valence-corrected chi connectivity index (χ3v) is 7.05. The first-order valence-electron chi connectivity index (χ1n) is 6.41. The number of carbonyl (C=O) groups is 1. The summed E-state index contributed by atoms with van der Waals surface area (Å²) in [5.41, 5.74) is 2.50. The lowest BCUT2D eigenvalue weighted by molar-refractivity contribution is -0.141. The summed E-state index contributed by atoms with van der Waals surface area (Å²) in [6, 6.07) is 0. The molecule has 1 fully saturated rings. The Bertz CT molecular complexity index is 596. The molecule has 0 bridgehead atoms. The van der Waals surface area contributed by atoms with Crippen LogP contribution >= 0.6 is 11.3 Å². The van der Waals surface area contributed by atoms with Crippen molar-refractivity contribution in [2.45, 2.75) is 38.0 Å². The highest BCUT2D eigenvalue weighted by atomic mass is 32.2. The Morgan fingerprint density at radius 3 is 2.80 bits per heavy atom. The standard InChI is InChI=1S/C12H18N2O4S2/c1-8-10(19-7-13-8)6-14(2)20(17,18)11-5-3-4-9(11)12(15)16/h7,9,11H,3-6H2,1-2H3,(H,15,16). The van der Waals surface area contributed by atoms with Crippen LogP contribution in [-0.4, -0.2) is 41.1 Å². The number of hydrogen-bond donors (Lipinski definition) is 1. The molecule has 2 atom stereocenters. The van der Waals surface area contributed by atoms with Gasteiger partial charge in [0.15, 0.2) is 0 Å². The summed E-state index contributed by atoms with van der Waals surface area (Å²) in [5, 5.41) is 8.33. The molecule has 112 valence electrons. The molecule has 0 amide bonds. The Kier molecular flexibility index (Phi) is 4.46. The third kappa shape index (κ3) is 2.87. The maximum atomic E-state index is 12.5. The molecule has 1 aromatic heterocycles. The Hall–Kier alpha value is -0.990. The van der Waals surface area contributed by atoms with E-state index in [0.717, 1.165) is 10.6 Å². The van der Waals surface area contributed by atoms with Gasteiger partial charge in [0.2, 0.25) is 10.0 Å². The van der Waals surface area contributed by atoms with Crippen LogP contribution in [0.4, 0.5) is 0 Å². The molecule has 2 unspecified atom stereocenters. The molecule has 2 rings (SSSR count). The van der Waals surface area contributed by atoms with Crippen molar-refractivity contribution in [3.63, 3.8) is 0 Å². The minimum absolute atomic E-state index is 0.252. The molecule has 8 heteroatoms. The molecule has 1 aromatic rings. The van der Waals surface area contributed by atoms with Gasteiger partial charge in [-0.1, -0.05) is 6.42 Å². The molecule has 0 saturated heterocycles. The quantitative estimate of drug-likeness (QED) is 0.888. The minimum Gasteiger partial charge on any atom is -0.481 e. The summed E-state index contributed by atoms with van der Waals surface area (Å²) in [7, 11) is -2.09. The second-order valence-electron chi connectivity index (χ2n) is 5.08. The summed E-state index contributed by atoms with van der Waals surface area (Å²) in [5.74, 6) is -1.80. The summed E-state index contributed by atoms with van der Waals surface area (Å²) < 4.78 is 26.3. The maximum Gasteiger partial charge on any atom is 0.307 e. The summed E-state index contributed by atoms with van der Waals surface area (Å²) in [6.45, 7) is 2.09. The predicted octanol–water partition coefficient (Wildman–Crippen LogP) is 1.47. The summed E-state index contributed by atoms with van der Waals surface area (Å²) in [4.78, 5) is 16.1. The van der Waals surface area contributed by atoms with Crippen molar-refractivity contribution in [1.82, 2.24) is 9.29 Å². The van der Waals surface area contributed by atoms with Crippen LogP contribution in [0, 0.1) is 12.8 Å². The van der Waals surface area contributed by atoms with Crippen molar-refractivity contribution in [3.8, 4) is 0 Å². The summed E-state index contributed by atoms with van der Waals surface area (Å²) >= 11 is 1.41.